The van der Waals surface area contributed by atoms with Crippen molar-refractivity contribution in [3.63, 3.8) is 0 Å². The van der Waals surface area contributed by atoms with Gasteiger partial charge < -0.3 is 0 Å². The van der Waals surface area contributed by atoms with Crippen LogP contribution in [-0.4, -0.2) is 7.05 Å². The minimum absolute atomic E-state index is 1.17. The van der Waals surface area contributed by atoms with Crippen LogP contribution in [0.15, 0.2) is 42.5 Å². The number of anilines is 2. The second-order valence-electron chi connectivity index (χ2n) is 4.19. The van der Waals surface area contributed by atoms with Gasteiger partial charge >= 0.3 is 0 Å². The maximum atomic E-state index is 3.38. The minimum Gasteiger partial charge on any atom is -0.298 e. The summed E-state index contributed by atoms with van der Waals surface area (Å²) in [7, 11) is 2.05. The third-order valence-electron chi connectivity index (χ3n) is 3.10. The maximum Gasteiger partial charge on any atom is 0.0650 e. The second-order valence-corrected chi connectivity index (χ2v) is 4.19. The summed E-state index contributed by atoms with van der Waals surface area (Å²) in [5.41, 5.74) is 9.72. The largest absolute Gasteiger partial charge is 0.298 e. The van der Waals surface area contributed by atoms with Crippen LogP contribution in [0.3, 0.4) is 0 Å². The van der Waals surface area contributed by atoms with Crippen LogP contribution in [-0.2, 0) is 0 Å². The van der Waals surface area contributed by atoms with E-state index in [-0.39, 0.29) is 0 Å². The van der Waals surface area contributed by atoms with Crippen molar-refractivity contribution >= 4 is 11.4 Å². The number of hydrogen-bond acceptors (Lipinski definition) is 2. The average Bonchev–Trinajstić information content (AvgIpc) is 2.30. The van der Waals surface area contributed by atoms with Crippen LogP contribution in [0.2, 0.25) is 0 Å². The number of hydrazine groups is 1. The number of nitrogens with one attached hydrogen (secondary N) is 1. The lowest BCUT2D eigenvalue weighted by molar-refractivity contribution is 1.07. The fraction of sp³-hybridized carbons (Fsp3) is 0.143. The zero-order chi connectivity index (χ0) is 11.1. The van der Waals surface area contributed by atoms with E-state index in [9.17, 15) is 0 Å². The molecule has 0 aromatic heterocycles. The first-order chi connectivity index (χ1) is 7.77. The summed E-state index contributed by atoms with van der Waals surface area (Å²) < 4.78 is 0. The Bertz CT molecular complexity index is 546. The monoisotopic (exact) mass is 210 g/mol. The van der Waals surface area contributed by atoms with Crippen molar-refractivity contribution in [3.8, 4) is 11.1 Å². The Hall–Kier alpha value is -1.96. The Kier molecular flexibility index (Phi) is 1.90. The molecule has 2 heteroatoms. The molecule has 0 aliphatic carbocycles. The van der Waals surface area contributed by atoms with Gasteiger partial charge in [-0.25, -0.2) is 0 Å². The van der Waals surface area contributed by atoms with Crippen molar-refractivity contribution in [1.29, 1.82) is 0 Å². The highest BCUT2D eigenvalue weighted by molar-refractivity contribution is 5.92. The molecule has 0 amide bonds. The lowest BCUT2D eigenvalue weighted by Gasteiger charge is -2.31. The van der Waals surface area contributed by atoms with Gasteiger partial charge in [-0.3, -0.25) is 10.4 Å². The van der Waals surface area contributed by atoms with Crippen molar-refractivity contribution in [2.75, 3.05) is 17.5 Å². The summed E-state index contributed by atoms with van der Waals surface area (Å²) in [6.07, 6.45) is 0. The molecule has 0 atom stereocenters. The SMILES string of the molecule is Cc1cccc2c1-c1ccccc1NN2C. The summed E-state index contributed by atoms with van der Waals surface area (Å²) >= 11 is 0. The predicted molar refractivity (Wildman–Crippen MR) is 68.6 cm³/mol. The van der Waals surface area contributed by atoms with E-state index in [4.69, 9.17) is 0 Å². The van der Waals surface area contributed by atoms with Gasteiger partial charge in [0, 0.05) is 18.2 Å². The van der Waals surface area contributed by atoms with Crippen LogP contribution in [0.5, 0.6) is 0 Å². The fourth-order valence-corrected chi connectivity index (χ4v) is 2.32. The third kappa shape index (κ3) is 1.20. The molecule has 0 radical (unpaired) electrons. The van der Waals surface area contributed by atoms with Crippen LogP contribution < -0.4 is 10.4 Å². The van der Waals surface area contributed by atoms with Gasteiger partial charge in [0.25, 0.3) is 0 Å². The molecular weight excluding hydrogens is 196 g/mol. The number of benzene rings is 2. The van der Waals surface area contributed by atoms with Crippen molar-refractivity contribution in [3.05, 3.63) is 48.0 Å². The quantitative estimate of drug-likeness (QED) is 0.716. The van der Waals surface area contributed by atoms with E-state index in [1.165, 1.54) is 28.1 Å². The second kappa shape index (κ2) is 3.27. The van der Waals surface area contributed by atoms with E-state index in [2.05, 4.69) is 59.8 Å². The van der Waals surface area contributed by atoms with Crippen molar-refractivity contribution < 1.29 is 0 Å². The molecule has 0 saturated carbocycles. The number of hydrogen-bond donors (Lipinski definition) is 1. The molecule has 0 unspecified atom stereocenters. The molecule has 2 aromatic carbocycles. The molecule has 80 valence electrons. The van der Waals surface area contributed by atoms with Crippen LogP contribution in [0.4, 0.5) is 11.4 Å². The van der Waals surface area contributed by atoms with Crippen molar-refractivity contribution in [2.24, 2.45) is 0 Å². The number of rotatable bonds is 0. The molecular formula is C14H14N2. The van der Waals surface area contributed by atoms with Gasteiger partial charge in [-0.15, -0.1) is 0 Å². The average molecular weight is 210 g/mol. The molecule has 2 nitrogen and oxygen atoms in total. The summed E-state index contributed by atoms with van der Waals surface area (Å²) in [4.78, 5) is 0. The fourth-order valence-electron chi connectivity index (χ4n) is 2.32. The molecule has 1 N–H and O–H groups in total. The van der Waals surface area contributed by atoms with Gasteiger partial charge in [0.05, 0.1) is 11.4 Å². The Balaban J connectivity index is 2.35. The van der Waals surface area contributed by atoms with Gasteiger partial charge in [-0.05, 0) is 24.6 Å². The van der Waals surface area contributed by atoms with Crippen LogP contribution in [0.1, 0.15) is 5.56 Å². The van der Waals surface area contributed by atoms with E-state index in [1.807, 2.05) is 7.05 Å². The summed E-state index contributed by atoms with van der Waals surface area (Å²) in [5.74, 6) is 0. The molecule has 1 heterocycles. The summed E-state index contributed by atoms with van der Waals surface area (Å²) in [6, 6.07) is 14.8. The Morgan fingerprint density at radius 2 is 1.81 bits per heavy atom. The number of aryl methyl sites for hydroxylation is 1. The maximum absolute atomic E-state index is 3.38. The van der Waals surface area contributed by atoms with Crippen LogP contribution in [0.25, 0.3) is 11.1 Å². The molecule has 2 aromatic rings. The smallest absolute Gasteiger partial charge is 0.0650 e. The molecule has 16 heavy (non-hydrogen) atoms. The highest BCUT2D eigenvalue weighted by atomic mass is 15.5. The lowest BCUT2D eigenvalue weighted by atomic mass is 9.95. The molecule has 1 aliphatic heterocycles. The number of nitrogens with zero attached hydrogens (tertiary/aromatic N) is 1. The van der Waals surface area contributed by atoms with E-state index in [1.54, 1.807) is 0 Å². The first-order valence-corrected chi connectivity index (χ1v) is 5.47. The Morgan fingerprint density at radius 3 is 2.69 bits per heavy atom. The minimum atomic E-state index is 1.17. The molecule has 0 fully saturated rings. The predicted octanol–water partition coefficient (Wildman–Crippen LogP) is 3.44. The van der Waals surface area contributed by atoms with Gasteiger partial charge in [0.15, 0.2) is 0 Å². The summed E-state index contributed by atoms with van der Waals surface area (Å²) in [6.45, 7) is 2.16. The van der Waals surface area contributed by atoms with Gasteiger partial charge in [0.2, 0.25) is 0 Å². The van der Waals surface area contributed by atoms with E-state index in [0.717, 1.165) is 0 Å². The van der Waals surface area contributed by atoms with E-state index < -0.39 is 0 Å². The number of fused-ring (bicyclic) bond motifs is 3. The van der Waals surface area contributed by atoms with Crippen molar-refractivity contribution in [1.82, 2.24) is 0 Å². The highest BCUT2D eigenvalue weighted by Gasteiger charge is 2.19. The summed E-state index contributed by atoms with van der Waals surface area (Å²) in [5, 5.41) is 2.07. The first kappa shape index (κ1) is 9.28. The molecule has 0 saturated heterocycles. The van der Waals surface area contributed by atoms with E-state index >= 15 is 0 Å². The standard InChI is InChI=1S/C14H14N2/c1-10-6-5-9-13-14(10)11-7-3-4-8-12(11)15-16(13)2/h3-9,15H,1-2H3. The molecule has 0 bridgehead atoms. The van der Waals surface area contributed by atoms with Gasteiger partial charge in [-0.1, -0.05) is 30.3 Å². The topological polar surface area (TPSA) is 15.3 Å². The van der Waals surface area contributed by atoms with Crippen molar-refractivity contribution in [2.45, 2.75) is 6.92 Å². The lowest BCUT2D eigenvalue weighted by Crippen LogP contribution is -2.28. The van der Waals surface area contributed by atoms with Gasteiger partial charge in [-0.2, -0.15) is 0 Å². The first-order valence-electron chi connectivity index (χ1n) is 5.47. The molecule has 1 aliphatic rings. The zero-order valence-electron chi connectivity index (χ0n) is 9.49. The van der Waals surface area contributed by atoms with Crippen LogP contribution >= 0.6 is 0 Å². The Morgan fingerprint density at radius 1 is 1.00 bits per heavy atom. The van der Waals surface area contributed by atoms with Gasteiger partial charge in [0.1, 0.15) is 0 Å². The number of para-hydroxylation sites is 1. The molecule has 0 spiro atoms. The highest BCUT2D eigenvalue weighted by Crippen LogP contribution is 2.41. The zero-order valence-corrected chi connectivity index (χ0v) is 9.49. The van der Waals surface area contributed by atoms with E-state index in [0.29, 0.717) is 0 Å². The van der Waals surface area contributed by atoms with Crippen LogP contribution in [0, 0.1) is 6.92 Å². The third-order valence-corrected chi connectivity index (χ3v) is 3.10. The molecule has 3 rings (SSSR count). The normalized spacial score (nSPS) is 12.8. The Labute approximate surface area is 95.5 Å².